The minimum atomic E-state index is 0.985. The molecule has 2 heteroatoms. The van der Waals surface area contributed by atoms with Gasteiger partial charge < -0.3 is 0 Å². The van der Waals surface area contributed by atoms with Crippen molar-refractivity contribution in [3.05, 3.63) is 194 Å². The molecule has 10 rings (SSSR count). The van der Waals surface area contributed by atoms with Gasteiger partial charge in [0, 0.05) is 23.5 Å². The topological polar surface area (TPSA) is 25.8 Å². The first-order valence-electron chi connectivity index (χ1n) is 17.7. The van der Waals surface area contributed by atoms with E-state index in [1.54, 1.807) is 0 Å². The molecule has 52 heavy (non-hydrogen) atoms. The van der Waals surface area contributed by atoms with Crippen LogP contribution in [-0.2, 0) is 0 Å². The first-order chi connectivity index (χ1) is 25.8. The Labute approximate surface area is 302 Å². The first-order valence-corrected chi connectivity index (χ1v) is 17.7. The third-order valence-corrected chi connectivity index (χ3v) is 10.4. The highest BCUT2D eigenvalue weighted by molar-refractivity contribution is 6.28. The second kappa shape index (κ2) is 12.5. The summed E-state index contributed by atoms with van der Waals surface area (Å²) in [5.41, 5.74) is 13.9. The third kappa shape index (κ3) is 5.21. The minimum Gasteiger partial charge on any atom is -0.256 e. The van der Waals surface area contributed by atoms with E-state index in [2.05, 4.69) is 156 Å². The van der Waals surface area contributed by atoms with E-state index in [0.717, 1.165) is 22.5 Å². The highest BCUT2D eigenvalue weighted by atomic mass is 14.7. The lowest BCUT2D eigenvalue weighted by molar-refractivity contribution is 1.33. The minimum absolute atomic E-state index is 0.985. The molecule has 0 unspecified atom stereocenters. The van der Waals surface area contributed by atoms with Gasteiger partial charge in [-0.15, -0.1) is 0 Å². The highest BCUT2D eigenvalue weighted by Gasteiger charge is 2.17. The summed E-state index contributed by atoms with van der Waals surface area (Å²) in [6.45, 7) is 0. The second-order valence-corrected chi connectivity index (χ2v) is 13.4. The monoisotopic (exact) mass is 660 g/mol. The van der Waals surface area contributed by atoms with Crippen molar-refractivity contribution >= 4 is 32.3 Å². The molecule has 10 aromatic rings. The third-order valence-electron chi connectivity index (χ3n) is 10.4. The summed E-state index contributed by atoms with van der Waals surface area (Å²) in [5.74, 6) is 0. The number of pyridine rings is 2. The molecule has 0 aliphatic heterocycles. The Hall–Kier alpha value is -6.90. The number of hydrogen-bond donors (Lipinski definition) is 0. The Morgan fingerprint density at radius 2 is 0.654 bits per heavy atom. The summed E-state index contributed by atoms with van der Waals surface area (Å²) in [7, 11) is 0. The number of rotatable bonds is 6. The maximum Gasteiger partial charge on any atom is 0.0701 e. The van der Waals surface area contributed by atoms with Crippen molar-refractivity contribution in [3.63, 3.8) is 0 Å². The van der Waals surface area contributed by atoms with E-state index in [-0.39, 0.29) is 0 Å². The average Bonchev–Trinajstić information content (AvgIpc) is 3.23. The SMILES string of the molecule is c1ccc(-c2ccc(-c3ccc(-c4cc(-c5ccc(-c6ccc(-c7ccccn7)cc6)cc5)c5ccc6cccc7ccc4c5c76)cc3)cc2)nc1. The first kappa shape index (κ1) is 30.0. The van der Waals surface area contributed by atoms with E-state index < -0.39 is 0 Å². The van der Waals surface area contributed by atoms with E-state index in [1.807, 2.05) is 48.8 Å². The Morgan fingerprint density at radius 3 is 1.04 bits per heavy atom. The predicted octanol–water partition coefficient (Wildman–Crippen LogP) is 13.4. The van der Waals surface area contributed by atoms with Gasteiger partial charge in [-0.2, -0.15) is 0 Å². The maximum atomic E-state index is 4.51. The number of benzene rings is 8. The Bertz CT molecular complexity index is 2630. The van der Waals surface area contributed by atoms with E-state index >= 15 is 0 Å². The predicted molar refractivity (Wildman–Crippen MR) is 218 cm³/mol. The van der Waals surface area contributed by atoms with Crippen molar-refractivity contribution in [1.82, 2.24) is 9.97 Å². The fourth-order valence-corrected chi connectivity index (χ4v) is 7.73. The van der Waals surface area contributed by atoms with Crippen LogP contribution in [0.5, 0.6) is 0 Å². The maximum absolute atomic E-state index is 4.51. The molecule has 0 aliphatic carbocycles. The molecule has 0 saturated heterocycles. The lowest BCUT2D eigenvalue weighted by Gasteiger charge is -2.18. The fraction of sp³-hybridized carbons (Fsp3) is 0. The van der Waals surface area contributed by atoms with Gasteiger partial charge in [-0.05, 0) is 107 Å². The average molecular weight is 661 g/mol. The van der Waals surface area contributed by atoms with Crippen molar-refractivity contribution in [2.75, 3.05) is 0 Å². The van der Waals surface area contributed by atoms with Gasteiger partial charge in [0.05, 0.1) is 11.4 Å². The zero-order chi connectivity index (χ0) is 34.4. The van der Waals surface area contributed by atoms with E-state index in [0.29, 0.717) is 0 Å². The molecule has 0 spiro atoms. The van der Waals surface area contributed by atoms with Crippen molar-refractivity contribution in [3.8, 4) is 67.0 Å². The zero-order valence-corrected chi connectivity index (χ0v) is 28.4. The molecule has 0 fully saturated rings. The second-order valence-electron chi connectivity index (χ2n) is 13.4. The summed E-state index contributed by atoms with van der Waals surface area (Å²) in [4.78, 5) is 9.02. The molecule has 0 N–H and O–H groups in total. The summed E-state index contributed by atoms with van der Waals surface area (Å²) in [6.07, 6.45) is 3.68. The molecule has 0 atom stereocenters. The smallest absolute Gasteiger partial charge is 0.0701 e. The molecule has 0 amide bonds. The van der Waals surface area contributed by atoms with E-state index in [9.17, 15) is 0 Å². The molecule has 2 aromatic heterocycles. The van der Waals surface area contributed by atoms with Crippen LogP contribution < -0.4 is 0 Å². The Kier molecular flexibility index (Phi) is 7.18. The molecule has 0 aliphatic rings. The molecule has 8 aromatic carbocycles. The van der Waals surface area contributed by atoms with Gasteiger partial charge in [-0.25, -0.2) is 0 Å². The molecular formula is C50H32N2. The van der Waals surface area contributed by atoms with Gasteiger partial charge >= 0.3 is 0 Å². The number of aromatic nitrogens is 2. The number of hydrogen-bond acceptors (Lipinski definition) is 2. The van der Waals surface area contributed by atoms with Gasteiger partial charge in [0.25, 0.3) is 0 Å². The molecule has 0 saturated carbocycles. The van der Waals surface area contributed by atoms with E-state index in [1.165, 1.54) is 76.8 Å². The van der Waals surface area contributed by atoms with Crippen LogP contribution in [-0.4, -0.2) is 9.97 Å². The lowest BCUT2D eigenvalue weighted by Crippen LogP contribution is -1.91. The molecule has 0 bridgehead atoms. The lowest BCUT2D eigenvalue weighted by atomic mass is 9.85. The van der Waals surface area contributed by atoms with Gasteiger partial charge in [-0.1, -0.05) is 152 Å². The van der Waals surface area contributed by atoms with Crippen molar-refractivity contribution < 1.29 is 0 Å². The van der Waals surface area contributed by atoms with Crippen molar-refractivity contribution in [2.24, 2.45) is 0 Å². The summed E-state index contributed by atoms with van der Waals surface area (Å²) >= 11 is 0. The largest absolute Gasteiger partial charge is 0.256 e. The molecule has 2 heterocycles. The van der Waals surface area contributed by atoms with Crippen LogP contribution in [0.1, 0.15) is 0 Å². The number of nitrogens with zero attached hydrogens (tertiary/aromatic N) is 2. The van der Waals surface area contributed by atoms with Crippen LogP contribution in [0.4, 0.5) is 0 Å². The van der Waals surface area contributed by atoms with Crippen molar-refractivity contribution in [2.45, 2.75) is 0 Å². The van der Waals surface area contributed by atoms with Crippen LogP contribution in [0.2, 0.25) is 0 Å². The van der Waals surface area contributed by atoms with Gasteiger partial charge in [0.15, 0.2) is 0 Å². The summed E-state index contributed by atoms with van der Waals surface area (Å²) < 4.78 is 0. The van der Waals surface area contributed by atoms with Gasteiger partial charge in [-0.3, -0.25) is 9.97 Å². The van der Waals surface area contributed by atoms with Gasteiger partial charge in [0.2, 0.25) is 0 Å². The van der Waals surface area contributed by atoms with Gasteiger partial charge in [0.1, 0.15) is 0 Å². The molecule has 2 nitrogen and oxygen atoms in total. The van der Waals surface area contributed by atoms with Crippen LogP contribution >= 0.6 is 0 Å². The standard InChI is InChI=1S/C50H32N2/c1-3-30-51-47(8-1)39-22-14-35(15-23-39)33-10-18-37(19-11-33)45-32-46(44-29-27-42-7-5-6-41-26-28-43(45)50(44)49(41)42)38-20-12-34(13-21-38)36-16-24-40(25-17-36)48-9-2-4-31-52-48/h1-32H. The fourth-order valence-electron chi connectivity index (χ4n) is 7.73. The highest BCUT2D eigenvalue weighted by Crippen LogP contribution is 2.44. The van der Waals surface area contributed by atoms with Crippen LogP contribution in [0.15, 0.2) is 194 Å². The van der Waals surface area contributed by atoms with Crippen LogP contribution in [0, 0.1) is 0 Å². The Balaban J connectivity index is 1.05. The quantitative estimate of drug-likeness (QED) is 0.166. The zero-order valence-electron chi connectivity index (χ0n) is 28.4. The van der Waals surface area contributed by atoms with E-state index in [4.69, 9.17) is 0 Å². The normalized spacial score (nSPS) is 11.5. The van der Waals surface area contributed by atoms with Crippen LogP contribution in [0.3, 0.4) is 0 Å². The van der Waals surface area contributed by atoms with Crippen molar-refractivity contribution in [1.29, 1.82) is 0 Å². The molecule has 242 valence electrons. The Morgan fingerprint density at radius 1 is 0.269 bits per heavy atom. The van der Waals surface area contributed by atoms with Crippen LogP contribution in [0.25, 0.3) is 99.3 Å². The molecule has 0 radical (unpaired) electrons. The summed E-state index contributed by atoms with van der Waals surface area (Å²) in [5, 5.41) is 7.75. The molecular weight excluding hydrogens is 629 g/mol. The summed E-state index contributed by atoms with van der Waals surface area (Å²) in [6, 6.07) is 65.7.